The molecule has 0 radical (unpaired) electrons. The zero-order chi connectivity index (χ0) is 15.2. The Balaban J connectivity index is 2.33. The van der Waals surface area contributed by atoms with Crippen molar-refractivity contribution >= 4 is 5.82 Å². The van der Waals surface area contributed by atoms with Crippen LogP contribution in [0, 0.1) is 13.8 Å². The lowest BCUT2D eigenvalue weighted by atomic mass is 10.3. The Hall–Kier alpha value is -2.30. The second kappa shape index (κ2) is 6.92. The number of nitrogens with zero attached hydrogens (tertiary/aromatic N) is 2. The SMILES string of the molecule is CCCNc1nc(C)nc(Oc2ccccc2OC)c1C. The molecule has 1 heterocycles. The average molecular weight is 287 g/mol. The molecule has 5 nitrogen and oxygen atoms in total. The molecule has 0 spiro atoms. The first-order valence-electron chi connectivity index (χ1n) is 7.05. The van der Waals surface area contributed by atoms with Crippen LogP contribution in [-0.4, -0.2) is 23.6 Å². The van der Waals surface area contributed by atoms with Crippen molar-refractivity contribution < 1.29 is 9.47 Å². The van der Waals surface area contributed by atoms with Crippen molar-refractivity contribution in [3.05, 3.63) is 35.7 Å². The summed E-state index contributed by atoms with van der Waals surface area (Å²) in [6.45, 7) is 6.78. The molecule has 0 unspecified atom stereocenters. The van der Waals surface area contributed by atoms with Crippen LogP contribution in [0.2, 0.25) is 0 Å². The highest BCUT2D eigenvalue weighted by Gasteiger charge is 2.13. The first-order chi connectivity index (χ1) is 10.2. The molecule has 1 aromatic carbocycles. The number of nitrogens with one attached hydrogen (secondary N) is 1. The van der Waals surface area contributed by atoms with Gasteiger partial charge in [0.1, 0.15) is 11.6 Å². The molecule has 0 amide bonds. The number of anilines is 1. The van der Waals surface area contributed by atoms with Crippen molar-refractivity contribution in [1.29, 1.82) is 0 Å². The lowest BCUT2D eigenvalue weighted by molar-refractivity contribution is 0.372. The van der Waals surface area contributed by atoms with Crippen LogP contribution in [0.25, 0.3) is 0 Å². The summed E-state index contributed by atoms with van der Waals surface area (Å²) >= 11 is 0. The molecule has 1 aromatic heterocycles. The van der Waals surface area contributed by atoms with E-state index in [2.05, 4.69) is 22.2 Å². The number of rotatable bonds is 6. The molecule has 0 aliphatic heterocycles. The number of benzene rings is 1. The third kappa shape index (κ3) is 3.62. The van der Waals surface area contributed by atoms with Gasteiger partial charge in [0.2, 0.25) is 5.88 Å². The quantitative estimate of drug-likeness (QED) is 0.877. The van der Waals surface area contributed by atoms with Gasteiger partial charge < -0.3 is 14.8 Å². The Kier molecular flexibility index (Phi) is 4.98. The highest BCUT2D eigenvalue weighted by molar-refractivity contribution is 5.51. The van der Waals surface area contributed by atoms with Crippen molar-refractivity contribution in [2.24, 2.45) is 0 Å². The van der Waals surface area contributed by atoms with Crippen molar-refractivity contribution in [1.82, 2.24) is 9.97 Å². The average Bonchev–Trinajstić information content (AvgIpc) is 2.49. The minimum Gasteiger partial charge on any atom is -0.493 e. The van der Waals surface area contributed by atoms with E-state index in [9.17, 15) is 0 Å². The summed E-state index contributed by atoms with van der Waals surface area (Å²) in [5, 5.41) is 3.30. The minimum atomic E-state index is 0.547. The third-order valence-corrected chi connectivity index (χ3v) is 3.03. The Morgan fingerprint density at radius 1 is 1.10 bits per heavy atom. The minimum absolute atomic E-state index is 0.547. The van der Waals surface area contributed by atoms with E-state index in [0.717, 1.165) is 24.3 Å². The van der Waals surface area contributed by atoms with E-state index in [1.54, 1.807) is 7.11 Å². The summed E-state index contributed by atoms with van der Waals surface area (Å²) in [5.74, 6) is 3.35. The Labute approximate surface area is 125 Å². The predicted octanol–water partition coefficient (Wildman–Crippen LogP) is 3.72. The first kappa shape index (κ1) is 15.1. The Morgan fingerprint density at radius 2 is 1.81 bits per heavy atom. The lowest BCUT2D eigenvalue weighted by Crippen LogP contribution is -2.07. The fourth-order valence-corrected chi connectivity index (χ4v) is 1.92. The van der Waals surface area contributed by atoms with Gasteiger partial charge in [0.25, 0.3) is 0 Å². The monoisotopic (exact) mass is 287 g/mol. The number of aryl methyl sites for hydroxylation is 1. The number of para-hydroxylation sites is 2. The molecule has 21 heavy (non-hydrogen) atoms. The van der Waals surface area contributed by atoms with E-state index in [1.165, 1.54) is 0 Å². The number of aromatic nitrogens is 2. The molecule has 2 aromatic rings. The van der Waals surface area contributed by atoms with E-state index in [-0.39, 0.29) is 0 Å². The second-order valence-corrected chi connectivity index (χ2v) is 4.73. The van der Waals surface area contributed by atoms with Crippen molar-refractivity contribution in [3.8, 4) is 17.4 Å². The van der Waals surface area contributed by atoms with E-state index in [4.69, 9.17) is 9.47 Å². The predicted molar refractivity (Wildman–Crippen MR) is 83.4 cm³/mol. The molecule has 0 aliphatic carbocycles. The van der Waals surface area contributed by atoms with Gasteiger partial charge in [0, 0.05) is 6.54 Å². The molecule has 5 heteroatoms. The molecule has 2 rings (SSSR count). The standard InChI is InChI=1S/C16H21N3O2/c1-5-10-17-15-11(2)16(19-12(3)18-15)21-14-9-7-6-8-13(14)20-4/h6-9H,5,10H2,1-4H3,(H,17,18,19). The van der Waals surface area contributed by atoms with Crippen molar-refractivity contribution in [2.45, 2.75) is 27.2 Å². The molecule has 0 atom stereocenters. The molecule has 0 saturated heterocycles. The molecule has 0 aliphatic rings. The number of ether oxygens (including phenoxy) is 2. The van der Waals surface area contributed by atoms with Gasteiger partial charge in [-0.25, -0.2) is 4.98 Å². The van der Waals surface area contributed by atoms with Gasteiger partial charge in [-0.15, -0.1) is 0 Å². The lowest BCUT2D eigenvalue weighted by Gasteiger charge is -2.14. The van der Waals surface area contributed by atoms with Gasteiger partial charge in [0.15, 0.2) is 11.5 Å². The van der Waals surface area contributed by atoms with Gasteiger partial charge in [0.05, 0.1) is 12.7 Å². The number of hydrogen-bond acceptors (Lipinski definition) is 5. The topological polar surface area (TPSA) is 56.3 Å². The van der Waals surface area contributed by atoms with E-state index in [0.29, 0.717) is 23.2 Å². The van der Waals surface area contributed by atoms with Crippen LogP contribution in [0.3, 0.4) is 0 Å². The molecule has 0 saturated carbocycles. The second-order valence-electron chi connectivity index (χ2n) is 4.73. The highest BCUT2D eigenvalue weighted by atomic mass is 16.5. The van der Waals surface area contributed by atoms with Crippen LogP contribution < -0.4 is 14.8 Å². The number of hydrogen-bond donors (Lipinski definition) is 1. The Bertz CT molecular complexity index is 614. The van der Waals surface area contributed by atoms with E-state index >= 15 is 0 Å². The normalized spacial score (nSPS) is 10.3. The molecule has 0 fully saturated rings. The molecular weight excluding hydrogens is 266 g/mol. The van der Waals surface area contributed by atoms with Crippen LogP contribution in [0.4, 0.5) is 5.82 Å². The van der Waals surface area contributed by atoms with E-state index in [1.807, 2.05) is 38.1 Å². The summed E-state index contributed by atoms with van der Waals surface area (Å²) in [6, 6.07) is 7.51. The van der Waals surface area contributed by atoms with Gasteiger partial charge in [-0.05, 0) is 32.4 Å². The van der Waals surface area contributed by atoms with Crippen LogP contribution >= 0.6 is 0 Å². The zero-order valence-corrected chi connectivity index (χ0v) is 12.9. The summed E-state index contributed by atoms with van der Waals surface area (Å²) in [7, 11) is 1.62. The van der Waals surface area contributed by atoms with E-state index < -0.39 is 0 Å². The van der Waals surface area contributed by atoms with Gasteiger partial charge >= 0.3 is 0 Å². The summed E-state index contributed by atoms with van der Waals surface area (Å²) in [4.78, 5) is 8.80. The molecule has 0 bridgehead atoms. The maximum absolute atomic E-state index is 5.92. The fraction of sp³-hybridized carbons (Fsp3) is 0.375. The van der Waals surface area contributed by atoms with Crippen LogP contribution in [0.1, 0.15) is 24.7 Å². The molecular formula is C16H21N3O2. The highest BCUT2D eigenvalue weighted by Crippen LogP contribution is 2.33. The van der Waals surface area contributed by atoms with Crippen molar-refractivity contribution in [3.63, 3.8) is 0 Å². The number of methoxy groups -OCH3 is 1. The van der Waals surface area contributed by atoms with Gasteiger partial charge in [-0.2, -0.15) is 4.98 Å². The van der Waals surface area contributed by atoms with Gasteiger partial charge in [-0.3, -0.25) is 0 Å². The first-order valence-corrected chi connectivity index (χ1v) is 7.05. The smallest absolute Gasteiger partial charge is 0.227 e. The zero-order valence-electron chi connectivity index (χ0n) is 12.9. The third-order valence-electron chi connectivity index (χ3n) is 3.03. The summed E-state index contributed by atoms with van der Waals surface area (Å²) in [6.07, 6.45) is 1.03. The largest absolute Gasteiger partial charge is 0.493 e. The summed E-state index contributed by atoms with van der Waals surface area (Å²) < 4.78 is 11.2. The summed E-state index contributed by atoms with van der Waals surface area (Å²) in [5.41, 5.74) is 0.889. The maximum Gasteiger partial charge on any atom is 0.227 e. The van der Waals surface area contributed by atoms with Crippen LogP contribution in [0.15, 0.2) is 24.3 Å². The molecule has 112 valence electrons. The fourth-order valence-electron chi connectivity index (χ4n) is 1.92. The Morgan fingerprint density at radius 3 is 2.48 bits per heavy atom. The van der Waals surface area contributed by atoms with Gasteiger partial charge in [-0.1, -0.05) is 19.1 Å². The van der Waals surface area contributed by atoms with Crippen molar-refractivity contribution in [2.75, 3.05) is 19.0 Å². The van der Waals surface area contributed by atoms with Crippen LogP contribution in [0.5, 0.6) is 17.4 Å². The maximum atomic E-state index is 5.92. The molecule has 1 N–H and O–H groups in total. The van der Waals surface area contributed by atoms with Crippen LogP contribution in [-0.2, 0) is 0 Å².